The van der Waals surface area contributed by atoms with Gasteiger partial charge in [-0.05, 0) is 18.2 Å². The van der Waals surface area contributed by atoms with Crippen molar-refractivity contribution in [2.75, 3.05) is 11.1 Å². The quantitative estimate of drug-likeness (QED) is 0.536. The van der Waals surface area contributed by atoms with Crippen LogP contribution in [0.25, 0.3) is 22.2 Å². The van der Waals surface area contributed by atoms with Crippen molar-refractivity contribution >= 4 is 34.3 Å². The van der Waals surface area contributed by atoms with Crippen LogP contribution in [0.1, 0.15) is 10.4 Å². The van der Waals surface area contributed by atoms with Crippen LogP contribution >= 0.6 is 11.8 Å². The molecule has 0 spiro atoms. The number of amides is 1. The lowest BCUT2D eigenvalue weighted by atomic mass is 10.1. The maximum absolute atomic E-state index is 12.8. The summed E-state index contributed by atoms with van der Waals surface area (Å²) in [6, 6.07) is 16.1. The fourth-order valence-corrected chi connectivity index (χ4v) is 4.21. The Bertz CT molecular complexity index is 1250. The first-order valence-electron chi connectivity index (χ1n) is 8.83. The Kier molecular flexibility index (Phi) is 4.02. The number of hydrogen-bond donors (Lipinski definition) is 1. The van der Waals surface area contributed by atoms with Crippen molar-refractivity contribution in [1.29, 1.82) is 0 Å². The third-order valence-corrected chi connectivity index (χ3v) is 5.61. The largest absolute Gasteiger partial charge is 0.422 e. The maximum Gasteiger partial charge on any atom is 0.349 e. The number of fused-ring (bicyclic) bond motifs is 2. The molecule has 2 aromatic carbocycles. The molecule has 28 heavy (non-hydrogen) atoms. The van der Waals surface area contributed by atoms with Gasteiger partial charge >= 0.3 is 5.63 Å². The Morgan fingerprint density at radius 3 is 2.86 bits per heavy atom. The van der Waals surface area contributed by atoms with E-state index in [1.807, 2.05) is 30.5 Å². The second-order valence-electron chi connectivity index (χ2n) is 6.44. The highest BCUT2D eigenvalue weighted by molar-refractivity contribution is 7.99. The lowest BCUT2D eigenvalue weighted by molar-refractivity contribution is 0.102. The molecular weight excluding hydrogens is 374 g/mol. The van der Waals surface area contributed by atoms with Crippen molar-refractivity contribution in [2.45, 2.75) is 11.7 Å². The molecule has 5 rings (SSSR count). The van der Waals surface area contributed by atoms with Gasteiger partial charge in [0.15, 0.2) is 5.16 Å². The first-order chi connectivity index (χ1) is 13.7. The van der Waals surface area contributed by atoms with Crippen LogP contribution in [-0.2, 0) is 6.54 Å². The molecule has 1 aliphatic rings. The highest BCUT2D eigenvalue weighted by atomic mass is 32.2. The van der Waals surface area contributed by atoms with E-state index in [2.05, 4.69) is 14.9 Å². The van der Waals surface area contributed by atoms with E-state index < -0.39 is 11.5 Å². The number of carbonyl (C=O) groups excluding carboxylic acids is 1. The Balaban J connectivity index is 1.50. The maximum atomic E-state index is 12.8. The second kappa shape index (κ2) is 6.69. The zero-order valence-electron chi connectivity index (χ0n) is 14.7. The van der Waals surface area contributed by atoms with Crippen LogP contribution in [-0.4, -0.2) is 21.2 Å². The number of benzene rings is 2. The molecule has 0 fully saturated rings. The van der Waals surface area contributed by atoms with Crippen LogP contribution in [0.2, 0.25) is 0 Å². The molecule has 6 nitrogen and oxygen atoms in total. The number of nitrogens with one attached hydrogen (secondary N) is 1. The Morgan fingerprint density at radius 2 is 1.96 bits per heavy atom. The van der Waals surface area contributed by atoms with Crippen LogP contribution in [0, 0.1) is 0 Å². The topological polar surface area (TPSA) is 77.1 Å². The molecule has 0 aliphatic carbocycles. The standard InChI is InChI=1S/C21H15N3O3S/c25-19(15-11-13-5-1-4-8-18(13)27-20(15)26)22-16-7-3-2-6-14(16)17-12-24-9-10-28-21(24)23-17/h1-8,11-12H,9-10H2,(H,22,25). The van der Waals surface area contributed by atoms with Gasteiger partial charge in [-0.2, -0.15) is 0 Å². The molecule has 7 heteroatoms. The van der Waals surface area contributed by atoms with Gasteiger partial charge in [-0.3, -0.25) is 4.79 Å². The predicted octanol–water partition coefficient (Wildman–Crippen LogP) is 4.01. The van der Waals surface area contributed by atoms with Crippen LogP contribution in [0.3, 0.4) is 0 Å². The van der Waals surface area contributed by atoms with Gasteiger partial charge in [0.05, 0.1) is 11.4 Å². The number of aromatic nitrogens is 2. The van der Waals surface area contributed by atoms with Gasteiger partial charge in [-0.15, -0.1) is 0 Å². The van der Waals surface area contributed by atoms with Gasteiger partial charge in [-0.25, -0.2) is 9.78 Å². The van der Waals surface area contributed by atoms with Crippen molar-refractivity contribution in [1.82, 2.24) is 9.55 Å². The summed E-state index contributed by atoms with van der Waals surface area (Å²) in [6.07, 6.45) is 1.99. The molecule has 138 valence electrons. The van der Waals surface area contributed by atoms with Gasteiger partial charge in [-0.1, -0.05) is 48.2 Å². The lowest BCUT2D eigenvalue weighted by Gasteiger charge is -2.09. The molecule has 4 aromatic rings. The number of imidazole rings is 1. The Hall–Kier alpha value is -3.32. The van der Waals surface area contributed by atoms with E-state index in [1.165, 1.54) is 0 Å². The predicted molar refractivity (Wildman–Crippen MR) is 109 cm³/mol. The lowest BCUT2D eigenvalue weighted by Crippen LogP contribution is -2.21. The van der Waals surface area contributed by atoms with E-state index in [0.717, 1.165) is 28.7 Å². The monoisotopic (exact) mass is 389 g/mol. The number of hydrogen-bond acceptors (Lipinski definition) is 5. The van der Waals surface area contributed by atoms with E-state index in [1.54, 1.807) is 42.1 Å². The third kappa shape index (κ3) is 2.90. The number of aryl methyl sites for hydroxylation is 1. The minimum atomic E-state index is -0.661. The summed E-state index contributed by atoms with van der Waals surface area (Å²) in [5.74, 6) is 0.520. The summed E-state index contributed by atoms with van der Waals surface area (Å²) in [7, 11) is 0. The molecule has 0 saturated heterocycles. The molecule has 1 aliphatic heterocycles. The van der Waals surface area contributed by atoms with Crippen LogP contribution in [0.15, 0.2) is 75.2 Å². The van der Waals surface area contributed by atoms with Crippen LogP contribution in [0.4, 0.5) is 5.69 Å². The number of anilines is 1. The number of thioether (sulfide) groups is 1. The number of carbonyl (C=O) groups is 1. The third-order valence-electron chi connectivity index (χ3n) is 4.64. The summed E-state index contributed by atoms with van der Waals surface area (Å²) in [6.45, 7) is 0.930. The van der Waals surface area contributed by atoms with Crippen LogP contribution in [0.5, 0.6) is 0 Å². The molecule has 0 saturated carbocycles. The Morgan fingerprint density at radius 1 is 1.14 bits per heavy atom. The summed E-state index contributed by atoms with van der Waals surface area (Å²) in [5, 5.41) is 4.52. The zero-order chi connectivity index (χ0) is 19.1. The average molecular weight is 389 g/mol. The van der Waals surface area contributed by atoms with E-state index in [-0.39, 0.29) is 5.56 Å². The van der Waals surface area contributed by atoms with Crippen molar-refractivity contribution in [2.24, 2.45) is 0 Å². The fraction of sp³-hybridized carbons (Fsp3) is 0.0952. The van der Waals surface area contributed by atoms with E-state index in [9.17, 15) is 9.59 Å². The van der Waals surface area contributed by atoms with Crippen molar-refractivity contribution in [3.8, 4) is 11.3 Å². The first-order valence-corrected chi connectivity index (χ1v) is 9.81. The van der Waals surface area contributed by atoms with Gasteiger partial charge in [0.25, 0.3) is 5.91 Å². The SMILES string of the molecule is O=C(Nc1ccccc1-c1cn2c(n1)SCC2)c1cc2ccccc2oc1=O. The smallest absolute Gasteiger partial charge is 0.349 e. The normalized spacial score (nSPS) is 12.9. The number of nitrogens with zero attached hydrogens (tertiary/aromatic N) is 2. The molecule has 0 atom stereocenters. The van der Waals surface area contributed by atoms with Gasteiger partial charge in [0, 0.05) is 29.4 Å². The average Bonchev–Trinajstić information content (AvgIpc) is 3.30. The fourth-order valence-electron chi connectivity index (χ4n) is 3.26. The zero-order valence-corrected chi connectivity index (χ0v) is 15.5. The molecular formula is C21H15N3O3S. The Labute approximate surface area is 164 Å². The van der Waals surface area contributed by atoms with Gasteiger partial charge in [0.1, 0.15) is 11.1 Å². The number of rotatable bonds is 3. The molecule has 0 bridgehead atoms. The first kappa shape index (κ1) is 16.8. The molecule has 1 N–H and O–H groups in total. The number of para-hydroxylation sites is 2. The summed E-state index contributed by atoms with van der Waals surface area (Å²) < 4.78 is 7.38. The highest BCUT2D eigenvalue weighted by Crippen LogP contribution is 2.32. The van der Waals surface area contributed by atoms with Crippen molar-refractivity contribution in [3.63, 3.8) is 0 Å². The molecule has 3 heterocycles. The van der Waals surface area contributed by atoms with E-state index in [0.29, 0.717) is 16.7 Å². The summed E-state index contributed by atoms with van der Waals surface area (Å²) in [5.41, 5.74) is 1.96. The van der Waals surface area contributed by atoms with Crippen LogP contribution < -0.4 is 10.9 Å². The molecule has 0 unspecified atom stereocenters. The van der Waals surface area contributed by atoms with Gasteiger partial charge in [0.2, 0.25) is 0 Å². The van der Waals surface area contributed by atoms with Gasteiger partial charge < -0.3 is 14.3 Å². The summed E-state index contributed by atoms with van der Waals surface area (Å²) in [4.78, 5) is 29.7. The van der Waals surface area contributed by atoms with Crippen molar-refractivity contribution < 1.29 is 9.21 Å². The molecule has 1 amide bonds. The molecule has 2 aromatic heterocycles. The minimum absolute atomic E-state index is 0.0311. The minimum Gasteiger partial charge on any atom is -0.422 e. The van der Waals surface area contributed by atoms with Crippen molar-refractivity contribution in [3.05, 3.63) is 76.8 Å². The van der Waals surface area contributed by atoms with E-state index in [4.69, 9.17) is 4.42 Å². The second-order valence-corrected chi connectivity index (χ2v) is 7.50. The highest BCUT2D eigenvalue weighted by Gasteiger charge is 2.19. The summed E-state index contributed by atoms with van der Waals surface area (Å²) >= 11 is 1.71. The molecule has 0 radical (unpaired) electrons. The van der Waals surface area contributed by atoms with E-state index >= 15 is 0 Å².